The maximum atomic E-state index is 6.31. The van der Waals surface area contributed by atoms with Crippen LogP contribution in [0.15, 0.2) is 46.9 Å². The quantitative estimate of drug-likeness (QED) is 0.764. The van der Waals surface area contributed by atoms with Gasteiger partial charge >= 0.3 is 0 Å². The van der Waals surface area contributed by atoms with Gasteiger partial charge in [-0.05, 0) is 28.8 Å². The first-order valence-corrected chi connectivity index (χ1v) is 6.59. The van der Waals surface area contributed by atoms with Crippen molar-refractivity contribution in [3.05, 3.63) is 65.0 Å². The highest BCUT2D eigenvalue weighted by molar-refractivity contribution is 5.73. The first-order valence-electron chi connectivity index (χ1n) is 6.59. The average molecular weight is 267 g/mol. The van der Waals surface area contributed by atoms with E-state index in [1.54, 1.807) is 0 Å². The zero-order chi connectivity index (χ0) is 14.1. The van der Waals surface area contributed by atoms with Crippen LogP contribution < -0.4 is 11.5 Å². The van der Waals surface area contributed by atoms with E-state index in [1.165, 1.54) is 0 Å². The molecule has 0 saturated heterocycles. The lowest BCUT2D eigenvalue weighted by Crippen LogP contribution is -2.11. The summed E-state index contributed by atoms with van der Waals surface area (Å²) in [6.07, 6.45) is 0. The van der Waals surface area contributed by atoms with E-state index in [2.05, 4.69) is 4.98 Å². The number of nitrogens with two attached hydrogens (primary N) is 2. The second kappa shape index (κ2) is 5.07. The molecule has 1 unspecified atom stereocenters. The second-order valence-electron chi connectivity index (χ2n) is 4.88. The summed E-state index contributed by atoms with van der Waals surface area (Å²) < 4.78 is 5.55. The zero-order valence-electron chi connectivity index (χ0n) is 11.3. The van der Waals surface area contributed by atoms with Crippen molar-refractivity contribution in [2.24, 2.45) is 11.5 Å². The number of hydrogen-bond acceptors (Lipinski definition) is 4. The number of rotatable bonds is 3. The number of hydrogen-bond donors (Lipinski definition) is 2. The topological polar surface area (TPSA) is 78.1 Å². The summed E-state index contributed by atoms with van der Waals surface area (Å²) in [7, 11) is 0. The van der Waals surface area contributed by atoms with Crippen LogP contribution in [0.25, 0.3) is 11.1 Å². The van der Waals surface area contributed by atoms with E-state index in [0.29, 0.717) is 12.4 Å². The highest BCUT2D eigenvalue weighted by Crippen LogP contribution is 2.24. The Morgan fingerprint density at radius 3 is 2.50 bits per heavy atom. The standard InChI is InChI=1S/C16H17N3O/c1-10-19-14-7-6-13(8-15(14)20-10)16(18)12-4-2-11(9-17)3-5-12/h2-8,16H,9,17-18H2,1H3. The van der Waals surface area contributed by atoms with Gasteiger partial charge in [-0.15, -0.1) is 0 Å². The Hall–Kier alpha value is -2.17. The fourth-order valence-electron chi connectivity index (χ4n) is 2.30. The summed E-state index contributed by atoms with van der Waals surface area (Å²) in [5.74, 6) is 0.665. The van der Waals surface area contributed by atoms with Crippen LogP contribution in [-0.2, 0) is 6.54 Å². The van der Waals surface area contributed by atoms with E-state index < -0.39 is 0 Å². The Balaban J connectivity index is 1.95. The normalized spacial score (nSPS) is 12.8. The van der Waals surface area contributed by atoms with E-state index in [-0.39, 0.29) is 6.04 Å². The van der Waals surface area contributed by atoms with Gasteiger partial charge in [-0.25, -0.2) is 4.98 Å². The first-order chi connectivity index (χ1) is 9.67. The highest BCUT2D eigenvalue weighted by Gasteiger charge is 2.11. The minimum atomic E-state index is -0.184. The van der Waals surface area contributed by atoms with Crippen LogP contribution in [-0.4, -0.2) is 4.98 Å². The molecular weight excluding hydrogens is 250 g/mol. The third-order valence-electron chi connectivity index (χ3n) is 3.45. The Kier molecular flexibility index (Phi) is 3.26. The number of aromatic nitrogens is 1. The van der Waals surface area contributed by atoms with Crippen LogP contribution in [0.1, 0.15) is 28.6 Å². The van der Waals surface area contributed by atoms with Gasteiger partial charge in [-0.2, -0.15) is 0 Å². The third kappa shape index (κ3) is 2.31. The maximum Gasteiger partial charge on any atom is 0.192 e. The molecule has 0 aliphatic rings. The molecule has 3 rings (SSSR count). The van der Waals surface area contributed by atoms with Gasteiger partial charge in [0, 0.05) is 13.5 Å². The van der Waals surface area contributed by atoms with Crippen molar-refractivity contribution >= 4 is 11.1 Å². The molecule has 0 amide bonds. The van der Waals surface area contributed by atoms with Crippen molar-refractivity contribution in [2.45, 2.75) is 19.5 Å². The fraction of sp³-hybridized carbons (Fsp3) is 0.188. The van der Waals surface area contributed by atoms with Gasteiger partial charge in [0.15, 0.2) is 11.5 Å². The molecule has 0 saturated carbocycles. The van der Waals surface area contributed by atoms with Crippen molar-refractivity contribution in [1.82, 2.24) is 4.98 Å². The van der Waals surface area contributed by atoms with Crippen LogP contribution in [0.5, 0.6) is 0 Å². The third-order valence-corrected chi connectivity index (χ3v) is 3.45. The number of fused-ring (bicyclic) bond motifs is 1. The molecule has 3 aromatic rings. The van der Waals surface area contributed by atoms with E-state index >= 15 is 0 Å². The summed E-state index contributed by atoms with van der Waals surface area (Å²) in [6, 6.07) is 13.7. The summed E-state index contributed by atoms with van der Waals surface area (Å²) >= 11 is 0. The lowest BCUT2D eigenvalue weighted by Gasteiger charge is -2.12. The molecule has 1 aromatic heterocycles. The molecule has 0 aliphatic carbocycles. The molecule has 1 atom stereocenters. The van der Waals surface area contributed by atoms with Crippen LogP contribution >= 0.6 is 0 Å². The minimum Gasteiger partial charge on any atom is -0.441 e. The summed E-state index contributed by atoms with van der Waals surface area (Å²) in [5.41, 5.74) is 16.7. The molecule has 20 heavy (non-hydrogen) atoms. The van der Waals surface area contributed by atoms with Crippen molar-refractivity contribution in [3.63, 3.8) is 0 Å². The van der Waals surface area contributed by atoms with Crippen molar-refractivity contribution < 1.29 is 4.42 Å². The predicted octanol–water partition coefficient (Wildman–Crippen LogP) is 2.64. The predicted molar refractivity (Wildman–Crippen MR) is 79.1 cm³/mol. The Morgan fingerprint density at radius 2 is 1.80 bits per heavy atom. The Labute approximate surface area is 117 Å². The van der Waals surface area contributed by atoms with E-state index in [0.717, 1.165) is 27.8 Å². The Morgan fingerprint density at radius 1 is 1.10 bits per heavy atom. The number of oxazole rings is 1. The fourth-order valence-corrected chi connectivity index (χ4v) is 2.30. The van der Waals surface area contributed by atoms with Gasteiger partial charge < -0.3 is 15.9 Å². The number of aryl methyl sites for hydroxylation is 1. The van der Waals surface area contributed by atoms with Gasteiger partial charge in [0.25, 0.3) is 0 Å². The lowest BCUT2D eigenvalue weighted by atomic mass is 9.98. The SMILES string of the molecule is Cc1nc2ccc(C(N)c3ccc(CN)cc3)cc2o1. The first kappa shape index (κ1) is 12.8. The molecule has 4 N–H and O–H groups in total. The molecule has 0 aliphatic heterocycles. The molecule has 0 fully saturated rings. The molecule has 4 heteroatoms. The molecule has 0 radical (unpaired) electrons. The Bertz CT molecular complexity index is 731. The van der Waals surface area contributed by atoms with Gasteiger partial charge in [-0.1, -0.05) is 30.3 Å². The van der Waals surface area contributed by atoms with Crippen molar-refractivity contribution in [3.8, 4) is 0 Å². The van der Waals surface area contributed by atoms with Gasteiger partial charge in [0.1, 0.15) is 5.52 Å². The maximum absolute atomic E-state index is 6.31. The number of benzene rings is 2. The highest BCUT2D eigenvalue weighted by atomic mass is 16.3. The molecule has 0 spiro atoms. The van der Waals surface area contributed by atoms with E-state index in [4.69, 9.17) is 15.9 Å². The summed E-state index contributed by atoms with van der Waals surface area (Å²) in [5, 5.41) is 0. The molecule has 102 valence electrons. The van der Waals surface area contributed by atoms with Gasteiger partial charge in [0.05, 0.1) is 6.04 Å². The molecule has 2 aromatic carbocycles. The average Bonchev–Trinajstić information content (AvgIpc) is 2.85. The van der Waals surface area contributed by atoms with Gasteiger partial charge in [-0.3, -0.25) is 0 Å². The van der Waals surface area contributed by atoms with E-state index in [9.17, 15) is 0 Å². The smallest absolute Gasteiger partial charge is 0.192 e. The molecule has 4 nitrogen and oxygen atoms in total. The number of nitrogens with zero attached hydrogens (tertiary/aromatic N) is 1. The molecular formula is C16H17N3O. The largest absolute Gasteiger partial charge is 0.441 e. The van der Waals surface area contributed by atoms with Crippen LogP contribution in [0.3, 0.4) is 0 Å². The minimum absolute atomic E-state index is 0.184. The van der Waals surface area contributed by atoms with Crippen molar-refractivity contribution in [1.29, 1.82) is 0 Å². The van der Waals surface area contributed by atoms with Crippen LogP contribution in [0.2, 0.25) is 0 Å². The zero-order valence-corrected chi connectivity index (χ0v) is 11.3. The molecule has 0 bridgehead atoms. The van der Waals surface area contributed by atoms with Crippen LogP contribution in [0.4, 0.5) is 0 Å². The summed E-state index contributed by atoms with van der Waals surface area (Å²) in [6.45, 7) is 2.38. The summed E-state index contributed by atoms with van der Waals surface area (Å²) in [4.78, 5) is 4.29. The molecule has 1 heterocycles. The lowest BCUT2D eigenvalue weighted by molar-refractivity contribution is 0.560. The van der Waals surface area contributed by atoms with Crippen LogP contribution in [0, 0.1) is 6.92 Å². The monoisotopic (exact) mass is 267 g/mol. The second-order valence-corrected chi connectivity index (χ2v) is 4.88. The van der Waals surface area contributed by atoms with Crippen molar-refractivity contribution in [2.75, 3.05) is 0 Å². The van der Waals surface area contributed by atoms with E-state index in [1.807, 2.05) is 49.4 Å². The van der Waals surface area contributed by atoms with Gasteiger partial charge in [0.2, 0.25) is 0 Å².